The highest BCUT2D eigenvalue weighted by Crippen LogP contribution is 2.24. The third-order valence-electron chi connectivity index (χ3n) is 4.41. The molecule has 0 saturated carbocycles. The van der Waals surface area contributed by atoms with E-state index in [4.69, 9.17) is 4.74 Å². The topological polar surface area (TPSA) is 67.4 Å². The van der Waals surface area contributed by atoms with Crippen LogP contribution in [0.3, 0.4) is 0 Å². The van der Waals surface area contributed by atoms with E-state index in [1.54, 1.807) is 0 Å². The molecule has 0 unspecified atom stereocenters. The van der Waals surface area contributed by atoms with Crippen LogP contribution in [0, 0.1) is 5.92 Å². The molecule has 5 nitrogen and oxygen atoms in total. The van der Waals surface area contributed by atoms with Crippen molar-refractivity contribution in [1.29, 1.82) is 0 Å². The molecule has 0 bridgehead atoms. The van der Waals surface area contributed by atoms with Crippen molar-refractivity contribution in [3.8, 4) is 0 Å². The number of hydrogen-bond acceptors (Lipinski definition) is 4. The Kier molecular flexibility index (Phi) is 5.37. The number of fused-ring (bicyclic) bond motifs is 1. The Morgan fingerprint density at radius 3 is 2.62 bits per heavy atom. The van der Waals surface area contributed by atoms with E-state index in [0.29, 0.717) is 18.5 Å². The average Bonchev–Trinajstić information content (AvgIpc) is 2.68. The molecule has 3 rings (SSSR count). The maximum atomic E-state index is 12.5. The molecule has 1 heterocycles. The zero-order chi connectivity index (χ0) is 18.5. The molecule has 0 saturated heterocycles. The summed E-state index contributed by atoms with van der Waals surface area (Å²) >= 11 is 0. The minimum atomic E-state index is -0.223. The highest BCUT2D eigenvalue weighted by molar-refractivity contribution is 6.08. The summed E-state index contributed by atoms with van der Waals surface area (Å²) in [5.41, 5.74) is 4.48. The lowest BCUT2D eigenvalue weighted by Crippen LogP contribution is -2.22. The van der Waals surface area contributed by atoms with Crippen LogP contribution < -0.4 is 10.6 Å². The number of anilines is 2. The summed E-state index contributed by atoms with van der Waals surface area (Å²) in [5, 5.41) is 6.17. The molecular weight excluding hydrogens is 328 g/mol. The molecule has 26 heavy (non-hydrogen) atoms. The molecule has 0 aromatic heterocycles. The Balaban J connectivity index is 1.63. The molecular formula is C21H22N2O3. The summed E-state index contributed by atoms with van der Waals surface area (Å²) in [5.74, 6) is -0.541. The summed E-state index contributed by atoms with van der Waals surface area (Å²) in [6.45, 7) is 2.33. The Hall–Kier alpha value is -3.08. The van der Waals surface area contributed by atoms with Gasteiger partial charge in [0.2, 0.25) is 0 Å². The zero-order valence-corrected chi connectivity index (χ0v) is 14.9. The highest BCUT2D eigenvalue weighted by atomic mass is 16.5. The first-order chi connectivity index (χ1) is 12.6. The number of methoxy groups -OCH3 is 1. The largest absolute Gasteiger partial charge is 0.469 e. The smallest absolute Gasteiger partial charge is 0.308 e. The fraction of sp³-hybridized carbons (Fsp3) is 0.238. The molecule has 0 radical (unpaired) electrons. The second-order valence-electron chi connectivity index (χ2n) is 6.39. The van der Waals surface area contributed by atoms with Crippen molar-refractivity contribution in [2.45, 2.75) is 13.3 Å². The third-order valence-corrected chi connectivity index (χ3v) is 4.41. The van der Waals surface area contributed by atoms with E-state index < -0.39 is 0 Å². The molecule has 0 fully saturated rings. The van der Waals surface area contributed by atoms with E-state index in [1.165, 1.54) is 7.11 Å². The van der Waals surface area contributed by atoms with Gasteiger partial charge in [0.25, 0.3) is 5.91 Å². The number of rotatable bonds is 5. The van der Waals surface area contributed by atoms with Crippen molar-refractivity contribution in [3.63, 3.8) is 0 Å². The lowest BCUT2D eigenvalue weighted by molar-refractivity contribution is -0.144. The van der Waals surface area contributed by atoms with Gasteiger partial charge in [0.1, 0.15) is 0 Å². The molecule has 0 spiro atoms. The lowest BCUT2D eigenvalue weighted by Gasteiger charge is -2.18. The first-order valence-electron chi connectivity index (χ1n) is 8.58. The molecule has 5 heteroatoms. The summed E-state index contributed by atoms with van der Waals surface area (Å²) in [6.07, 6.45) is 2.51. The number of carbonyl (C=O) groups excluding carboxylic acids is 2. The Labute approximate surface area is 153 Å². The summed E-state index contributed by atoms with van der Waals surface area (Å²) in [6, 6.07) is 15.4. The molecule has 1 atom stereocenters. The normalized spacial score (nSPS) is 13.7. The number of esters is 1. The second-order valence-corrected chi connectivity index (χ2v) is 6.39. The molecule has 2 aromatic carbocycles. The van der Waals surface area contributed by atoms with Gasteiger partial charge in [0, 0.05) is 23.5 Å². The van der Waals surface area contributed by atoms with Gasteiger partial charge < -0.3 is 15.4 Å². The van der Waals surface area contributed by atoms with Crippen LogP contribution in [0.25, 0.3) is 6.08 Å². The number of para-hydroxylation sites is 1. The maximum Gasteiger partial charge on any atom is 0.308 e. The van der Waals surface area contributed by atoms with Crippen LogP contribution in [0.1, 0.15) is 18.1 Å². The Morgan fingerprint density at radius 1 is 1.15 bits per heavy atom. The van der Waals surface area contributed by atoms with Gasteiger partial charge in [-0.05, 0) is 41.8 Å². The van der Waals surface area contributed by atoms with E-state index in [0.717, 1.165) is 22.5 Å². The fourth-order valence-corrected chi connectivity index (χ4v) is 2.93. The van der Waals surface area contributed by atoms with Crippen LogP contribution in [0.5, 0.6) is 0 Å². The Morgan fingerprint density at radius 2 is 1.88 bits per heavy atom. The van der Waals surface area contributed by atoms with Crippen LogP contribution in [0.2, 0.25) is 0 Å². The average molecular weight is 350 g/mol. The molecule has 2 aromatic rings. The minimum absolute atomic E-state index is 0.123. The van der Waals surface area contributed by atoms with Gasteiger partial charge in [-0.3, -0.25) is 9.59 Å². The van der Waals surface area contributed by atoms with Gasteiger partial charge in [-0.15, -0.1) is 0 Å². The predicted molar refractivity (Wildman–Crippen MR) is 103 cm³/mol. The van der Waals surface area contributed by atoms with Crippen LogP contribution >= 0.6 is 0 Å². The van der Waals surface area contributed by atoms with Gasteiger partial charge in [-0.1, -0.05) is 37.3 Å². The number of amides is 1. The number of hydrogen-bond donors (Lipinski definition) is 2. The van der Waals surface area contributed by atoms with Crippen molar-refractivity contribution in [2.75, 3.05) is 24.3 Å². The van der Waals surface area contributed by atoms with Crippen molar-refractivity contribution in [1.82, 2.24) is 0 Å². The molecule has 134 valence electrons. The SMILES string of the molecule is COC(=O)[C@@H](C)Cc1ccc(NC(=O)C2=Cc3ccccc3NC2)cc1. The van der Waals surface area contributed by atoms with Crippen molar-refractivity contribution in [3.05, 3.63) is 65.2 Å². The zero-order valence-electron chi connectivity index (χ0n) is 14.9. The quantitative estimate of drug-likeness (QED) is 0.810. The molecule has 1 aliphatic heterocycles. The maximum absolute atomic E-state index is 12.5. The molecule has 2 N–H and O–H groups in total. The first kappa shape index (κ1) is 17.7. The predicted octanol–water partition coefficient (Wildman–Crippen LogP) is 3.49. The van der Waals surface area contributed by atoms with Crippen LogP contribution in [0.15, 0.2) is 54.1 Å². The standard InChI is InChI=1S/C21H22N2O3/c1-14(21(25)26-2)11-15-7-9-18(10-8-15)23-20(24)17-12-16-5-3-4-6-19(16)22-13-17/h3-10,12,14,22H,11,13H2,1-2H3,(H,23,24)/t14-/m0/s1. The van der Waals surface area contributed by atoms with Gasteiger partial charge in [0.05, 0.1) is 13.0 Å². The number of carbonyl (C=O) groups is 2. The molecule has 1 aliphatic rings. The molecule has 1 amide bonds. The summed E-state index contributed by atoms with van der Waals surface area (Å²) in [4.78, 5) is 24.0. The van der Waals surface area contributed by atoms with Crippen molar-refractivity contribution >= 4 is 29.3 Å². The summed E-state index contributed by atoms with van der Waals surface area (Å²) in [7, 11) is 1.39. The van der Waals surface area contributed by atoms with Crippen molar-refractivity contribution in [2.24, 2.45) is 5.92 Å². The van der Waals surface area contributed by atoms with Crippen molar-refractivity contribution < 1.29 is 14.3 Å². The van der Waals surface area contributed by atoms with E-state index in [9.17, 15) is 9.59 Å². The number of nitrogens with one attached hydrogen (secondary N) is 2. The van der Waals surface area contributed by atoms with E-state index in [2.05, 4.69) is 10.6 Å². The first-order valence-corrected chi connectivity index (χ1v) is 8.58. The molecule has 0 aliphatic carbocycles. The fourth-order valence-electron chi connectivity index (χ4n) is 2.93. The van der Waals surface area contributed by atoms with Crippen LogP contribution in [0.4, 0.5) is 11.4 Å². The number of benzene rings is 2. The highest BCUT2D eigenvalue weighted by Gasteiger charge is 2.16. The van der Waals surface area contributed by atoms with E-state index in [-0.39, 0.29) is 17.8 Å². The van der Waals surface area contributed by atoms with E-state index >= 15 is 0 Å². The van der Waals surface area contributed by atoms with Crippen LogP contribution in [-0.2, 0) is 20.7 Å². The summed E-state index contributed by atoms with van der Waals surface area (Å²) < 4.78 is 4.74. The monoisotopic (exact) mass is 350 g/mol. The van der Waals surface area contributed by atoms with Gasteiger partial charge in [-0.25, -0.2) is 0 Å². The van der Waals surface area contributed by atoms with Gasteiger partial charge in [-0.2, -0.15) is 0 Å². The van der Waals surface area contributed by atoms with Gasteiger partial charge in [0.15, 0.2) is 0 Å². The minimum Gasteiger partial charge on any atom is -0.469 e. The number of ether oxygens (including phenoxy) is 1. The second kappa shape index (κ2) is 7.87. The van der Waals surface area contributed by atoms with E-state index in [1.807, 2.05) is 61.5 Å². The Bertz CT molecular complexity index is 841. The third kappa shape index (κ3) is 4.11. The van der Waals surface area contributed by atoms with Gasteiger partial charge >= 0.3 is 5.97 Å². The lowest BCUT2D eigenvalue weighted by atomic mass is 10.0. The van der Waals surface area contributed by atoms with Crippen LogP contribution in [-0.4, -0.2) is 25.5 Å².